The summed E-state index contributed by atoms with van der Waals surface area (Å²) in [7, 11) is 2.00. The van der Waals surface area contributed by atoms with Crippen molar-refractivity contribution in [2.75, 3.05) is 20.1 Å². The van der Waals surface area contributed by atoms with Gasteiger partial charge in [0.1, 0.15) is 0 Å². The zero-order chi connectivity index (χ0) is 18.7. The molecule has 8 heteroatoms. The zero-order valence-electron chi connectivity index (χ0n) is 14.9. The summed E-state index contributed by atoms with van der Waals surface area (Å²) in [6.07, 6.45) is 2.39. The molecule has 1 amide bonds. The maximum absolute atomic E-state index is 12.4. The van der Waals surface area contributed by atoms with E-state index >= 15 is 0 Å². The van der Waals surface area contributed by atoms with E-state index in [2.05, 4.69) is 15.3 Å². The number of likely N-dealkylation sites (tertiary alicyclic amines) is 1. The Morgan fingerprint density at radius 3 is 2.62 bits per heavy atom. The molecule has 2 aromatic rings. The highest BCUT2D eigenvalue weighted by Crippen LogP contribution is 2.23. The number of likely N-dealkylation sites (N-methyl/N-ethyl adjacent to an activating group) is 1. The van der Waals surface area contributed by atoms with Crippen molar-refractivity contribution in [1.29, 1.82) is 0 Å². The molecule has 3 rings (SSSR count). The fourth-order valence-electron chi connectivity index (χ4n) is 3.62. The quantitative estimate of drug-likeness (QED) is 0.651. The first-order chi connectivity index (χ1) is 12.5. The molecule has 4 N–H and O–H groups in total. The van der Waals surface area contributed by atoms with E-state index in [1.165, 1.54) is 4.68 Å². The second-order valence-corrected chi connectivity index (χ2v) is 6.78. The van der Waals surface area contributed by atoms with E-state index in [0.29, 0.717) is 29.8 Å². The van der Waals surface area contributed by atoms with Crippen LogP contribution in [-0.2, 0) is 11.3 Å². The van der Waals surface area contributed by atoms with Gasteiger partial charge in [-0.1, -0.05) is 12.1 Å². The highest BCUT2D eigenvalue weighted by molar-refractivity contribution is 5.80. The largest absolute Gasteiger partial charge is 0.354 e. The van der Waals surface area contributed by atoms with E-state index in [4.69, 9.17) is 5.73 Å². The van der Waals surface area contributed by atoms with Gasteiger partial charge in [0.05, 0.1) is 17.3 Å². The van der Waals surface area contributed by atoms with Gasteiger partial charge in [-0.15, -0.1) is 0 Å². The molecule has 0 radical (unpaired) electrons. The van der Waals surface area contributed by atoms with Crippen LogP contribution in [0.4, 0.5) is 0 Å². The van der Waals surface area contributed by atoms with Crippen LogP contribution in [0.5, 0.6) is 0 Å². The summed E-state index contributed by atoms with van der Waals surface area (Å²) >= 11 is 0. The number of hydrogen-bond acceptors (Lipinski definition) is 5. The fraction of sp³-hybridized carbons (Fsp3) is 0.500. The van der Waals surface area contributed by atoms with Crippen LogP contribution in [-0.4, -0.2) is 52.8 Å². The molecule has 0 bridgehead atoms. The molecule has 0 saturated carbocycles. The van der Waals surface area contributed by atoms with E-state index < -0.39 is 0 Å². The number of amides is 1. The summed E-state index contributed by atoms with van der Waals surface area (Å²) in [4.78, 5) is 38.8. The number of aromatic nitrogens is 2. The number of nitrogens with one attached hydrogen (secondary N) is 2. The third-order valence-corrected chi connectivity index (χ3v) is 5.22. The number of benzene rings is 1. The minimum Gasteiger partial charge on any atom is -0.354 e. The van der Waals surface area contributed by atoms with Gasteiger partial charge in [-0.25, -0.2) is 4.68 Å². The molecule has 2 atom stereocenters. The molecule has 1 aliphatic heterocycles. The zero-order valence-corrected chi connectivity index (χ0v) is 14.9. The van der Waals surface area contributed by atoms with Crippen LogP contribution < -0.4 is 22.2 Å². The van der Waals surface area contributed by atoms with E-state index in [1.807, 2.05) is 7.05 Å². The Morgan fingerprint density at radius 1 is 1.23 bits per heavy atom. The smallest absolute Gasteiger partial charge is 0.273 e. The summed E-state index contributed by atoms with van der Waals surface area (Å²) in [5.74, 6) is -0.0595. The van der Waals surface area contributed by atoms with Crippen molar-refractivity contribution in [3.05, 3.63) is 45.0 Å². The lowest BCUT2D eigenvalue weighted by Crippen LogP contribution is -2.40. The third kappa shape index (κ3) is 3.71. The first-order valence-corrected chi connectivity index (χ1v) is 8.92. The van der Waals surface area contributed by atoms with Gasteiger partial charge >= 0.3 is 0 Å². The number of nitrogens with two attached hydrogens (primary N) is 1. The Hall–Kier alpha value is -2.45. The Morgan fingerprint density at radius 2 is 1.92 bits per heavy atom. The molecule has 1 aromatic carbocycles. The highest BCUT2D eigenvalue weighted by Gasteiger charge is 2.30. The number of carbonyl (C=O) groups excluding carboxylic acids is 1. The predicted molar refractivity (Wildman–Crippen MR) is 100 cm³/mol. The van der Waals surface area contributed by atoms with Crippen molar-refractivity contribution in [2.45, 2.75) is 37.9 Å². The molecule has 0 aliphatic carbocycles. The predicted octanol–water partition coefficient (Wildman–Crippen LogP) is -0.382. The van der Waals surface area contributed by atoms with Crippen molar-refractivity contribution < 1.29 is 4.79 Å². The third-order valence-electron chi connectivity index (χ3n) is 5.22. The van der Waals surface area contributed by atoms with Gasteiger partial charge in [-0.05, 0) is 32.0 Å². The maximum Gasteiger partial charge on any atom is 0.273 e. The van der Waals surface area contributed by atoms with Crippen LogP contribution in [0.3, 0.4) is 0 Å². The molecule has 1 fully saturated rings. The normalized spacial score (nSPS) is 20.5. The first kappa shape index (κ1) is 18.3. The molecular formula is C18H25N5O3. The van der Waals surface area contributed by atoms with Crippen LogP contribution in [0.15, 0.2) is 33.9 Å². The number of nitrogens with zero attached hydrogens (tertiary/aromatic N) is 2. The van der Waals surface area contributed by atoms with Gasteiger partial charge in [0.25, 0.3) is 11.1 Å². The number of H-pyrrole nitrogens is 1. The first-order valence-electron chi connectivity index (χ1n) is 8.92. The van der Waals surface area contributed by atoms with E-state index in [9.17, 15) is 14.4 Å². The van der Waals surface area contributed by atoms with Crippen molar-refractivity contribution >= 4 is 16.7 Å². The Bertz CT molecular complexity index is 904. The van der Waals surface area contributed by atoms with E-state index in [-0.39, 0.29) is 36.2 Å². The van der Waals surface area contributed by atoms with Gasteiger partial charge < -0.3 is 11.1 Å². The molecule has 1 saturated heterocycles. The Balaban J connectivity index is 1.58. The summed E-state index contributed by atoms with van der Waals surface area (Å²) in [6, 6.07) is 7.24. The lowest BCUT2D eigenvalue weighted by molar-refractivity contribution is -0.122. The topological polar surface area (TPSA) is 113 Å². The number of fused-ring (bicyclic) bond motifs is 1. The van der Waals surface area contributed by atoms with E-state index in [0.717, 1.165) is 12.8 Å². The number of rotatable bonds is 6. The minimum atomic E-state index is -0.313. The van der Waals surface area contributed by atoms with Crippen LogP contribution in [0.25, 0.3) is 10.8 Å². The van der Waals surface area contributed by atoms with Gasteiger partial charge in [0.15, 0.2) is 0 Å². The minimum absolute atomic E-state index is 0.0595. The van der Waals surface area contributed by atoms with Gasteiger partial charge in [-0.3, -0.25) is 24.4 Å². The molecule has 1 aromatic heterocycles. The standard InChI is InChI=1S/C18H25N5O3/c1-22-12(6-7-13(22)11-19)10-16(24)20-8-9-23-18(26)15-5-3-2-4-14(15)17(25)21-23/h2-5,12-13H,6-11,19H2,1H3,(H,20,24)(H,21,25)/t12-,13+/m0/s1. The van der Waals surface area contributed by atoms with Crippen LogP contribution in [0.2, 0.25) is 0 Å². The van der Waals surface area contributed by atoms with Gasteiger partial charge in [-0.2, -0.15) is 0 Å². The van der Waals surface area contributed by atoms with Gasteiger partial charge in [0.2, 0.25) is 5.91 Å². The maximum atomic E-state index is 12.4. The molecular weight excluding hydrogens is 334 g/mol. The molecule has 8 nitrogen and oxygen atoms in total. The summed E-state index contributed by atoms with van der Waals surface area (Å²) in [6.45, 7) is 1.10. The van der Waals surface area contributed by atoms with Crippen molar-refractivity contribution in [2.24, 2.45) is 5.73 Å². The summed E-state index contributed by atoms with van der Waals surface area (Å²) < 4.78 is 1.25. The van der Waals surface area contributed by atoms with Gasteiger partial charge in [0, 0.05) is 31.6 Å². The Kier molecular flexibility index (Phi) is 5.53. The molecule has 0 spiro atoms. The monoisotopic (exact) mass is 359 g/mol. The lowest BCUT2D eigenvalue weighted by Gasteiger charge is -2.24. The van der Waals surface area contributed by atoms with Crippen molar-refractivity contribution in [3.8, 4) is 0 Å². The van der Waals surface area contributed by atoms with Crippen molar-refractivity contribution in [3.63, 3.8) is 0 Å². The number of carbonyl (C=O) groups is 1. The highest BCUT2D eigenvalue weighted by atomic mass is 16.2. The molecule has 1 aliphatic rings. The fourth-order valence-corrected chi connectivity index (χ4v) is 3.62. The van der Waals surface area contributed by atoms with Crippen LogP contribution in [0, 0.1) is 0 Å². The summed E-state index contributed by atoms with van der Waals surface area (Å²) in [5, 5.41) is 6.14. The average Bonchev–Trinajstić information content (AvgIpc) is 2.99. The molecule has 2 heterocycles. The van der Waals surface area contributed by atoms with E-state index in [1.54, 1.807) is 24.3 Å². The summed E-state index contributed by atoms with van der Waals surface area (Å²) in [5.41, 5.74) is 5.14. The molecule has 140 valence electrons. The second-order valence-electron chi connectivity index (χ2n) is 6.78. The number of aromatic amines is 1. The lowest BCUT2D eigenvalue weighted by atomic mass is 10.1. The molecule has 26 heavy (non-hydrogen) atoms. The SMILES string of the molecule is CN1[C@@H](CN)CC[C@H]1CC(=O)NCCn1[nH]c(=O)c2ccccc2c1=O. The second kappa shape index (κ2) is 7.84. The van der Waals surface area contributed by atoms with Crippen molar-refractivity contribution in [1.82, 2.24) is 20.0 Å². The molecule has 0 unspecified atom stereocenters. The average molecular weight is 359 g/mol. The Labute approximate surface area is 151 Å². The van der Waals surface area contributed by atoms with Crippen LogP contribution in [0.1, 0.15) is 19.3 Å². The van der Waals surface area contributed by atoms with Crippen LogP contribution >= 0.6 is 0 Å². The number of hydrogen-bond donors (Lipinski definition) is 3.